The Hall–Kier alpha value is -0.670. The number of hydrogen-bond donors (Lipinski definition) is 2. The smallest absolute Gasteiger partial charge is 0.206 e. The van der Waals surface area contributed by atoms with Crippen LogP contribution in [0.25, 0.3) is 0 Å². The van der Waals surface area contributed by atoms with Crippen molar-refractivity contribution in [1.29, 1.82) is 0 Å². The lowest BCUT2D eigenvalue weighted by Crippen LogP contribution is -2.62. The summed E-state index contributed by atoms with van der Waals surface area (Å²) in [6.07, 6.45) is 6.59. The zero-order chi connectivity index (χ0) is 40.8. The zero-order valence-corrected chi connectivity index (χ0v) is 36.4. The largest absolute Gasteiger partial charge is 0.390 e. The van der Waals surface area contributed by atoms with Gasteiger partial charge in [0, 0.05) is 24.1 Å². The fourth-order valence-corrected chi connectivity index (χ4v) is 13.0. The molecule has 11 nitrogen and oxygen atoms in total. The van der Waals surface area contributed by atoms with Crippen LogP contribution in [0.15, 0.2) is 24.3 Å². The van der Waals surface area contributed by atoms with E-state index in [-0.39, 0.29) is 109 Å². The molecule has 10 aliphatic rings. The second-order valence-electron chi connectivity index (χ2n) is 19.9. The summed E-state index contributed by atoms with van der Waals surface area (Å²) < 4.78 is 60.6. The highest BCUT2D eigenvalue weighted by Crippen LogP contribution is 2.65. The summed E-state index contributed by atoms with van der Waals surface area (Å²) in [6.45, 7) is 21.7. The first-order valence-electron chi connectivity index (χ1n) is 23.1. The lowest BCUT2D eigenvalue weighted by atomic mass is 9.78. The van der Waals surface area contributed by atoms with Crippen molar-refractivity contribution in [2.75, 3.05) is 0 Å². The van der Waals surface area contributed by atoms with E-state index in [1.54, 1.807) is 0 Å². The predicted octanol–water partition coefficient (Wildman–Crippen LogP) is 6.91. The molecule has 0 aliphatic carbocycles. The molecular formula is C46H71ClO11. The molecular weight excluding hydrogens is 764 g/mol. The number of fused-ring (bicyclic) bond motifs is 2. The van der Waals surface area contributed by atoms with E-state index in [2.05, 4.69) is 54.7 Å². The van der Waals surface area contributed by atoms with Gasteiger partial charge in [0.05, 0.1) is 73.1 Å². The molecule has 0 aromatic carbocycles. The minimum atomic E-state index is -0.924. The van der Waals surface area contributed by atoms with Crippen LogP contribution in [0.2, 0.25) is 0 Å². The lowest BCUT2D eigenvalue weighted by Gasteiger charge is -2.50. The Bertz CT molecular complexity index is 1520. The minimum absolute atomic E-state index is 0.0123. The van der Waals surface area contributed by atoms with Crippen LogP contribution in [-0.4, -0.2) is 125 Å². The number of halogens is 1. The monoisotopic (exact) mass is 834 g/mol. The van der Waals surface area contributed by atoms with Crippen molar-refractivity contribution in [1.82, 2.24) is 0 Å². The average Bonchev–Trinajstić information content (AvgIpc) is 3.72. The van der Waals surface area contributed by atoms with Crippen LogP contribution in [0, 0.1) is 23.7 Å². The first kappa shape index (κ1) is 42.6. The van der Waals surface area contributed by atoms with Gasteiger partial charge in [-0.3, -0.25) is 0 Å². The molecule has 0 aromatic heterocycles. The molecule has 0 radical (unpaired) electrons. The normalized spacial score (nSPS) is 52.8. The molecule has 0 aromatic rings. The number of alkyl halides is 1. The Morgan fingerprint density at radius 1 is 0.810 bits per heavy atom. The molecule has 328 valence electrons. The number of hydrogen-bond acceptors (Lipinski definition) is 11. The van der Waals surface area contributed by atoms with Crippen LogP contribution in [0.3, 0.4) is 0 Å². The van der Waals surface area contributed by atoms with Gasteiger partial charge < -0.3 is 52.8 Å². The molecule has 23 atom stereocenters. The summed E-state index contributed by atoms with van der Waals surface area (Å²) in [5.74, 6) is -1.27. The SMILES string of the molecule is C=C(CC(Cl)CCC12OC3C4OC(CC)CCC4OC4C3OC3(OC(C)CC13)C4O2)C(O)CCC1CC(C)C(=C)C(CC2OC3CC(C)C(CC)OC3C(C)C2O)O1. The fourth-order valence-electron chi connectivity index (χ4n) is 12.7. The van der Waals surface area contributed by atoms with Crippen LogP contribution in [-0.2, 0) is 42.6 Å². The Kier molecular flexibility index (Phi) is 12.1. The quantitative estimate of drug-likeness (QED) is 0.149. The number of rotatable bonds is 13. The van der Waals surface area contributed by atoms with Crippen molar-refractivity contribution in [3.63, 3.8) is 0 Å². The third-order valence-corrected chi connectivity index (χ3v) is 16.4. The maximum atomic E-state index is 11.4. The molecule has 12 heteroatoms. The molecule has 0 amide bonds. The zero-order valence-electron chi connectivity index (χ0n) is 35.7. The molecule has 10 fully saturated rings. The van der Waals surface area contributed by atoms with Gasteiger partial charge in [-0.05, 0) is 101 Å². The molecule has 10 saturated heterocycles. The Balaban J connectivity index is 0.786. The van der Waals surface area contributed by atoms with Gasteiger partial charge in [0.15, 0.2) is 5.79 Å². The fraction of sp³-hybridized carbons (Fsp3) is 0.913. The summed E-state index contributed by atoms with van der Waals surface area (Å²) in [4.78, 5) is 0. The molecule has 58 heavy (non-hydrogen) atoms. The second kappa shape index (κ2) is 16.5. The van der Waals surface area contributed by atoms with Crippen LogP contribution >= 0.6 is 11.6 Å². The average molecular weight is 836 g/mol. The van der Waals surface area contributed by atoms with Crippen molar-refractivity contribution < 1.29 is 52.8 Å². The highest BCUT2D eigenvalue weighted by atomic mass is 35.5. The molecule has 10 rings (SSSR count). The van der Waals surface area contributed by atoms with E-state index in [4.69, 9.17) is 54.2 Å². The molecule has 6 bridgehead atoms. The molecule has 2 N–H and O–H groups in total. The van der Waals surface area contributed by atoms with Crippen LogP contribution in [0.1, 0.15) is 125 Å². The third-order valence-electron chi connectivity index (χ3n) is 16.0. The standard InChI is InChI=1S/C46H71ClO11/c1-9-29-12-14-33-40(51-29)41-42-43(54-33)44-46(57-42)37(20-25(6)55-46)45(56-41,58-44)16-15-28(47)17-23(4)31(48)13-11-30-18-22(3)26(7)34(50-30)21-35-38(49)27(8)39-36(52-35)19-24(5)32(10-2)53-39/h22,24-25,27-44,48-49H,4,7,9-21H2,1-3,5-6,8H3. The maximum absolute atomic E-state index is 11.4. The number of ether oxygens (including phenoxy) is 9. The summed E-state index contributed by atoms with van der Waals surface area (Å²) in [7, 11) is 0. The first-order valence-corrected chi connectivity index (χ1v) is 23.5. The van der Waals surface area contributed by atoms with Gasteiger partial charge in [-0.25, -0.2) is 0 Å². The van der Waals surface area contributed by atoms with E-state index in [1.807, 2.05) is 0 Å². The highest BCUT2D eigenvalue weighted by Gasteiger charge is 2.81. The number of aliphatic hydroxyl groups is 2. The van der Waals surface area contributed by atoms with Crippen molar-refractivity contribution in [2.24, 2.45) is 23.7 Å². The van der Waals surface area contributed by atoms with Gasteiger partial charge in [-0.2, -0.15) is 0 Å². The number of aliphatic hydroxyl groups excluding tert-OH is 2. The second-order valence-corrected chi connectivity index (χ2v) is 20.5. The highest BCUT2D eigenvalue weighted by molar-refractivity contribution is 6.20. The van der Waals surface area contributed by atoms with Gasteiger partial charge in [0.1, 0.15) is 30.5 Å². The van der Waals surface area contributed by atoms with E-state index in [9.17, 15) is 10.2 Å². The third kappa shape index (κ3) is 7.32. The Morgan fingerprint density at radius 3 is 2.38 bits per heavy atom. The first-order chi connectivity index (χ1) is 27.7. The summed E-state index contributed by atoms with van der Waals surface area (Å²) in [5.41, 5.74) is 1.77. The van der Waals surface area contributed by atoms with Gasteiger partial charge >= 0.3 is 0 Å². The molecule has 10 aliphatic heterocycles. The van der Waals surface area contributed by atoms with Gasteiger partial charge in [0.2, 0.25) is 5.79 Å². The minimum Gasteiger partial charge on any atom is -0.390 e. The summed E-state index contributed by atoms with van der Waals surface area (Å²) in [6, 6.07) is 0. The Morgan fingerprint density at radius 2 is 1.60 bits per heavy atom. The van der Waals surface area contributed by atoms with Gasteiger partial charge in [0.25, 0.3) is 0 Å². The molecule has 23 unspecified atom stereocenters. The topological polar surface area (TPSA) is 124 Å². The van der Waals surface area contributed by atoms with Crippen molar-refractivity contribution in [2.45, 2.75) is 240 Å². The predicted molar refractivity (Wildman–Crippen MR) is 216 cm³/mol. The van der Waals surface area contributed by atoms with Crippen molar-refractivity contribution in [3.8, 4) is 0 Å². The van der Waals surface area contributed by atoms with Gasteiger partial charge in [-0.1, -0.05) is 47.8 Å². The van der Waals surface area contributed by atoms with Gasteiger partial charge in [-0.15, -0.1) is 11.6 Å². The Labute approximate surface area is 351 Å². The van der Waals surface area contributed by atoms with E-state index in [0.29, 0.717) is 44.4 Å². The lowest BCUT2D eigenvalue weighted by molar-refractivity contribution is -0.311. The van der Waals surface area contributed by atoms with Crippen molar-refractivity contribution >= 4 is 11.6 Å². The van der Waals surface area contributed by atoms with Crippen LogP contribution in [0.5, 0.6) is 0 Å². The van der Waals surface area contributed by atoms with E-state index >= 15 is 0 Å². The molecule has 0 saturated carbocycles. The van der Waals surface area contributed by atoms with Crippen LogP contribution in [0.4, 0.5) is 0 Å². The molecule has 1 spiro atoms. The van der Waals surface area contributed by atoms with E-state index < -0.39 is 23.8 Å². The van der Waals surface area contributed by atoms with Crippen LogP contribution < -0.4 is 0 Å². The maximum Gasteiger partial charge on any atom is 0.206 e. The summed E-state index contributed by atoms with van der Waals surface area (Å²) >= 11 is 7.10. The summed E-state index contributed by atoms with van der Waals surface area (Å²) in [5, 5.41) is 22.5. The van der Waals surface area contributed by atoms with E-state index in [1.165, 1.54) is 0 Å². The van der Waals surface area contributed by atoms with E-state index in [0.717, 1.165) is 56.1 Å². The van der Waals surface area contributed by atoms with Crippen molar-refractivity contribution in [3.05, 3.63) is 24.3 Å². The molecule has 10 heterocycles.